The van der Waals surface area contributed by atoms with Crippen LogP contribution < -0.4 is 5.32 Å². The average Bonchev–Trinajstić information content (AvgIpc) is 2.38. The molecule has 0 unspecified atom stereocenters. The molecule has 1 heterocycles. The number of amides is 1. The Morgan fingerprint density at radius 2 is 2.11 bits per heavy atom. The summed E-state index contributed by atoms with van der Waals surface area (Å²) in [6.07, 6.45) is 0. The minimum absolute atomic E-state index is 0.138. The number of carbonyl (C=O) groups excluding carboxylic acids is 2. The van der Waals surface area contributed by atoms with Gasteiger partial charge in [-0.3, -0.25) is 14.5 Å². The van der Waals surface area contributed by atoms with E-state index in [4.69, 9.17) is 0 Å². The van der Waals surface area contributed by atoms with E-state index in [2.05, 4.69) is 10.1 Å². The van der Waals surface area contributed by atoms with Gasteiger partial charge >= 0.3 is 0 Å². The standard InChI is InChI=1S/C8H8O2.C5H10N2O/c9-7-10-6-8-4-2-1-3-5-8;1-7-3-2-6-5(8)4-7/h1-5,7H,6H2;2-4H2,1H3,(H,6,8). The van der Waals surface area contributed by atoms with Gasteiger partial charge in [0, 0.05) is 13.1 Å². The first-order chi connectivity index (χ1) is 8.72. The van der Waals surface area contributed by atoms with Crippen LogP contribution in [0, 0.1) is 0 Å². The van der Waals surface area contributed by atoms with Crippen molar-refractivity contribution < 1.29 is 14.3 Å². The number of ether oxygens (including phenoxy) is 1. The number of hydrogen-bond acceptors (Lipinski definition) is 4. The van der Waals surface area contributed by atoms with E-state index in [0.717, 1.165) is 18.7 Å². The summed E-state index contributed by atoms with van der Waals surface area (Å²) in [7, 11) is 1.94. The largest absolute Gasteiger partial charge is 0.463 e. The van der Waals surface area contributed by atoms with Gasteiger partial charge in [-0.1, -0.05) is 30.3 Å². The summed E-state index contributed by atoms with van der Waals surface area (Å²) in [6.45, 7) is 3.15. The lowest BCUT2D eigenvalue weighted by Gasteiger charge is -2.21. The molecule has 0 aliphatic carbocycles. The summed E-state index contributed by atoms with van der Waals surface area (Å²) in [5.74, 6) is 0.138. The molecular weight excluding hydrogens is 232 g/mol. The van der Waals surface area contributed by atoms with Crippen molar-refractivity contribution in [2.75, 3.05) is 26.7 Å². The van der Waals surface area contributed by atoms with Gasteiger partial charge in [0.25, 0.3) is 6.47 Å². The van der Waals surface area contributed by atoms with Crippen LogP contribution in [0.1, 0.15) is 5.56 Å². The van der Waals surface area contributed by atoms with Crippen LogP contribution in [0.25, 0.3) is 0 Å². The fraction of sp³-hybridized carbons (Fsp3) is 0.385. The van der Waals surface area contributed by atoms with Crippen LogP contribution in [-0.2, 0) is 20.9 Å². The quantitative estimate of drug-likeness (QED) is 0.789. The molecule has 0 saturated carbocycles. The van der Waals surface area contributed by atoms with Crippen molar-refractivity contribution >= 4 is 12.4 Å². The van der Waals surface area contributed by atoms with E-state index in [0.29, 0.717) is 19.6 Å². The predicted octanol–water partition coefficient (Wildman–Crippen LogP) is 0.408. The molecule has 1 aromatic carbocycles. The molecule has 0 spiro atoms. The maximum absolute atomic E-state index is 10.5. The maximum Gasteiger partial charge on any atom is 0.293 e. The molecule has 5 heteroatoms. The molecular formula is C13H18N2O3. The van der Waals surface area contributed by atoms with Gasteiger partial charge in [-0.25, -0.2) is 0 Å². The molecule has 1 aliphatic heterocycles. The van der Waals surface area contributed by atoms with E-state index in [1.54, 1.807) is 0 Å². The first-order valence-corrected chi connectivity index (χ1v) is 5.77. The number of piperazine rings is 1. The topological polar surface area (TPSA) is 58.6 Å². The Morgan fingerprint density at radius 3 is 2.61 bits per heavy atom. The SMILES string of the molecule is CN1CCNC(=O)C1.O=COCc1ccccc1. The average molecular weight is 250 g/mol. The Labute approximate surface area is 107 Å². The lowest BCUT2D eigenvalue weighted by molar-refractivity contribution is -0.129. The lowest BCUT2D eigenvalue weighted by atomic mass is 10.2. The smallest absolute Gasteiger partial charge is 0.293 e. The number of nitrogens with zero attached hydrogens (tertiary/aromatic N) is 1. The lowest BCUT2D eigenvalue weighted by Crippen LogP contribution is -2.45. The van der Waals surface area contributed by atoms with Gasteiger partial charge in [-0.2, -0.15) is 0 Å². The predicted molar refractivity (Wildman–Crippen MR) is 67.8 cm³/mol. The van der Waals surface area contributed by atoms with Crippen LogP contribution in [-0.4, -0.2) is 44.0 Å². The minimum Gasteiger partial charge on any atom is -0.463 e. The molecule has 1 N–H and O–H groups in total. The summed E-state index contributed by atoms with van der Waals surface area (Å²) in [5.41, 5.74) is 1.01. The molecule has 1 aliphatic rings. The highest BCUT2D eigenvalue weighted by atomic mass is 16.5. The second-order valence-electron chi connectivity index (χ2n) is 3.98. The first-order valence-electron chi connectivity index (χ1n) is 5.77. The fourth-order valence-electron chi connectivity index (χ4n) is 1.47. The molecule has 1 saturated heterocycles. The van der Waals surface area contributed by atoms with Crippen molar-refractivity contribution in [1.82, 2.24) is 10.2 Å². The van der Waals surface area contributed by atoms with Gasteiger partial charge in [0.15, 0.2) is 0 Å². The zero-order valence-corrected chi connectivity index (χ0v) is 10.5. The van der Waals surface area contributed by atoms with Crippen molar-refractivity contribution in [2.24, 2.45) is 0 Å². The van der Waals surface area contributed by atoms with Gasteiger partial charge in [0.05, 0.1) is 6.54 Å². The highest BCUT2D eigenvalue weighted by Gasteiger charge is 2.10. The Bertz CT molecular complexity index is 368. The summed E-state index contributed by atoms with van der Waals surface area (Å²) in [5, 5.41) is 2.73. The van der Waals surface area contributed by atoms with Gasteiger partial charge < -0.3 is 10.1 Å². The number of benzene rings is 1. The second-order valence-corrected chi connectivity index (χ2v) is 3.98. The zero-order valence-electron chi connectivity index (χ0n) is 10.5. The molecule has 0 radical (unpaired) electrons. The van der Waals surface area contributed by atoms with Gasteiger partial charge in [0.2, 0.25) is 5.91 Å². The normalized spacial score (nSPS) is 15.1. The molecule has 1 aromatic rings. The molecule has 0 aromatic heterocycles. The number of hydrogen-bond donors (Lipinski definition) is 1. The van der Waals surface area contributed by atoms with E-state index < -0.39 is 0 Å². The summed E-state index contributed by atoms with van der Waals surface area (Å²) in [6, 6.07) is 9.55. The van der Waals surface area contributed by atoms with Crippen molar-refractivity contribution in [2.45, 2.75) is 6.61 Å². The molecule has 0 bridgehead atoms. The summed E-state index contributed by atoms with van der Waals surface area (Å²) < 4.78 is 4.54. The second kappa shape index (κ2) is 8.25. The van der Waals surface area contributed by atoms with Gasteiger partial charge in [-0.15, -0.1) is 0 Å². The van der Waals surface area contributed by atoms with Crippen LogP contribution in [0.3, 0.4) is 0 Å². The van der Waals surface area contributed by atoms with Crippen LogP contribution in [0.5, 0.6) is 0 Å². The van der Waals surface area contributed by atoms with Crippen molar-refractivity contribution in [1.29, 1.82) is 0 Å². The van der Waals surface area contributed by atoms with Crippen molar-refractivity contribution in [3.8, 4) is 0 Å². The fourth-order valence-corrected chi connectivity index (χ4v) is 1.47. The van der Waals surface area contributed by atoms with Gasteiger partial charge in [-0.05, 0) is 12.6 Å². The Kier molecular flexibility index (Phi) is 6.50. The Balaban J connectivity index is 0.000000184. The third-order valence-electron chi connectivity index (χ3n) is 2.39. The number of nitrogens with one attached hydrogen (secondary N) is 1. The molecule has 1 fully saturated rings. The number of likely N-dealkylation sites (N-methyl/N-ethyl adjacent to an activating group) is 1. The van der Waals surface area contributed by atoms with E-state index in [1.165, 1.54) is 0 Å². The van der Waals surface area contributed by atoms with Crippen LogP contribution in [0.15, 0.2) is 30.3 Å². The third kappa shape index (κ3) is 6.00. The van der Waals surface area contributed by atoms with E-state index in [-0.39, 0.29) is 5.91 Å². The highest BCUT2D eigenvalue weighted by Crippen LogP contribution is 1.98. The molecule has 5 nitrogen and oxygen atoms in total. The Morgan fingerprint density at radius 1 is 1.39 bits per heavy atom. The minimum atomic E-state index is 0.138. The monoisotopic (exact) mass is 250 g/mol. The highest BCUT2D eigenvalue weighted by molar-refractivity contribution is 5.78. The van der Waals surface area contributed by atoms with Crippen molar-refractivity contribution in [3.05, 3.63) is 35.9 Å². The van der Waals surface area contributed by atoms with Crippen LogP contribution in [0.2, 0.25) is 0 Å². The zero-order chi connectivity index (χ0) is 13.2. The molecule has 2 rings (SSSR count). The van der Waals surface area contributed by atoms with E-state index in [9.17, 15) is 9.59 Å². The van der Waals surface area contributed by atoms with E-state index >= 15 is 0 Å². The molecule has 0 atom stereocenters. The molecule has 18 heavy (non-hydrogen) atoms. The van der Waals surface area contributed by atoms with Crippen molar-refractivity contribution in [3.63, 3.8) is 0 Å². The van der Waals surface area contributed by atoms with Crippen LogP contribution >= 0.6 is 0 Å². The maximum atomic E-state index is 10.5. The first kappa shape index (κ1) is 14.2. The number of rotatable bonds is 3. The molecule has 1 amide bonds. The summed E-state index contributed by atoms with van der Waals surface area (Å²) >= 11 is 0. The van der Waals surface area contributed by atoms with Crippen LogP contribution in [0.4, 0.5) is 0 Å². The summed E-state index contributed by atoms with van der Waals surface area (Å²) in [4.78, 5) is 22.3. The number of carbonyl (C=O) groups is 2. The van der Waals surface area contributed by atoms with E-state index in [1.807, 2.05) is 42.3 Å². The molecule has 98 valence electrons. The Hall–Kier alpha value is -1.88. The third-order valence-corrected chi connectivity index (χ3v) is 2.39. The van der Waals surface area contributed by atoms with Gasteiger partial charge in [0.1, 0.15) is 6.61 Å².